The zero-order valence-electron chi connectivity index (χ0n) is 23.8. The average Bonchev–Trinajstić information content (AvgIpc) is 3.58. The molecule has 42 heavy (non-hydrogen) atoms. The number of nitrogens with one attached hydrogen (secondary N) is 2. The molecule has 4 unspecified atom stereocenters. The molecule has 2 aliphatic rings. The molecule has 1 aromatic heterocycles. The van der Waals surface area contributed by atoms with E-state index in [-0.39, 0.29) is 31.2 Å². The Balaban J connectivity index is 1.56. The number of para-hydroxylation sites is 1. The first kappa shape index (κ1) is 29.1. The van der Waals surface area contributed by atoms with Crippen molar-refractivity contribution in [3.63, 3.8) is 0 Å². The number of carbonyl (C=O) groups excluding carboxylic acids is 3. The van der Waals surface area contributed by atoms with Crippen molar-refractivity contribution in [1.82, 2.24) is 15.2 Å². The molecular weight excluding hydrogens is 538 g/mol. The van der Waals surface area contributed by atoms with E-state index >= 15 is 0 Å². The highest BCUT2D eigenvalue weighted by atomic mass is 16.5. The van der Waals surface area contributed by atoms with Crippen LogP contribution in [-0.2, 0) is 16.0 Å². The number of aromatic amines is 1. The standard InChI is InChI=1S/C32H35N3O7/c1-18(2)12-27(38)35(10-8-21-15-20-6-4-5-7-24(20)34-21)25-16-23(32(40)33-9-11-36)28-22-13-19(17-37)14-26(41-3)30(22)42-31(28)29(25)39/h4-7,12-17,25,28-29,31,34,36,39H,8-11H2,1-3H3,(H,33,40). The summed E-state index contributed by atoms with van der Waals surface area (Å²) in [6.07, 6.45) is 2.13. The molecule has 220 valence electrons. The van der Waals surface area contributed by atoms with Crippen molar-refractivity contribution in [1.29, 1.82) is 0 Å². The third-order valence-electron chi connectivity index (χ3n) is 7.67. The first-order valence-electron chi connectivity index (χ1n) is 13.9. The average molecular weight is 574 g/mol. The molecule has 3 aromatic rings. The predicted molar refractivity (Wildman–Crippen MR) is 157 cm³/mol. The van der Waals surface area contributed by atoms with Gasteiger partial charge in [-0.05, 0) is 49.6 Å². The normalized spacial score (nSPS) is 20.5. The number of allylic oxidation sites excluding steroid dienone is 1. The fourth-order valence-corrected chi connectivity index (χ4v) is 5.80. The maximum Gasteiger partial charge on any atom is 0.247 e. The van der Waals surface area contributed by atoms with Gasteiger partial charge in [-0.3, -0.25) is 14.4 Å². The van der Waals surface area contributed by atoms with Crippen LogP contribution < -0.4 is 14.8 Å². The third kappa shape index (κ3) is 5.55. The molecule has 10 nitrogen and oxygen atoms in total. The van der Waals surface area contributed by atoms with E-state index in [0.29, 0.717) is 35.3 Å². The fourth-order valence-electron chi connectivity index (χ4n) is 5.80. The molecular formula is C32H35N3O7. The van der Waals surface area contributed by atoms with E-state index in [4.69, 9.17) is 9.47 Å². The van der Waals surface area contributed by atoms with Crippen molar-refractivity contribution >= 4 is 29.0 Å². The van der Waals surface area contributed by atoms with Crippen molar-refractivity contribution in [2.45, 2.75) is 44.4 Å². The number of fused-ring (bicyclic) bond motifs is 4. The summed E-state index contributed by atoms with van der Waals surface area (Å²) in [4.78, 5) is 43.7. The van der Waals surface area contributed by atoms with Crippen LogP contribution in [0.25, 0.3) is 10.9 Å². The van der Waals surface area contributed by atoms with Crippen molar-refractivity contribution in [2.75, 3.05) is 26.8 Å². The van der Waals surface area contributed by atoms with Crippen LogP contribution in [0.1, 0.15) is 41.4 Å². The van der Waals surface area contributed by atoms with E-state index in [0.717, 1.165) is 22.2 Å². The lowest BCUT2D eigenvalue weighted by molar-refractivity contribution is -0.132. The number of aldehydes is 1. The second-order valence-electron chi connectivity index (χ2n) is 10.8. The Bertz CT molecular complexity index is 1540. The van der Waals surface area contributed by atoms with Crippen LogP contribution in [0.5, 0.6) is 11.5 Å². The minimum Gasteiger partial charge on any atom is -0.493 e. The maximum atomic E-state index is 13.6. The van der Waals surface area contributed by atoms with Gasteiger partial charge in [-0.15, -0.1) is 0 Å². The van der Waals surface area contributed by atoms with Gasteiger partial charge in [0.05, 0.1) is 25.7 Å². The van der Waals surface area contributed by atoms with Crippen LogP contribution in [0.15, 0.2) is 65.8 Å². The van der Waals surface area contributed by atoms with Gasteiger partial charge in [0.15, 0.2) is 11.5 Å². The summed E-state index contributed by atoms with van der Waals surface area (Å²) in [6, 6.07) is 12.2. The number of rotatable bonds is 10. The lowest BCUT2D eigenvalue weighted by Gasteiger charge is -2.40. The molecule has 0 saturated carbocycles. The highest BCUT2D eigenvalue weighted by molar-refractivity contribution is 5.97. The van der Waals surface area contributed by atoms with E-state index in [2.05, 4.69) is 10.3 Å². The molecule has 1 aliphatic carbocycles. The van der Waals surface area contributed by atoms with E-state index in [1.54, 1.807) is 17.0 Å². The van der Waals surface area contributed by atoms with Gasteiger partial charge in [0.25, 0.3) is 0 Å². The topological polar surface area (TPSA) is 141 Å². The van der Waals surface area contributed by atoms with E-state index in [9.17, 15) is 24.6 Å². The van der Waals surface area contributed by atoms with Crippen molar-refractivity contribution in [2.24, 2.45) is 0 Å². The lowest BCUT2D eigenvalue weighted by atomic mass is 9.77. The Morgan fingerprint density at radius 2 is 1.98 bits per heavy atom. The first-order valence-corrected chi connectivity index (χ1v) is 13.9. The summed E-state index contributed by atoms with van der Waals surface area (Å²) in [7, 11) is 1.45. The zero-order valence-corrected chi connectivity index (χ0v) is 23.8. The molecule has 4 atom stereocenters. The summed E-state index contributed by atoms with van der Waals surface area (Å²) in [6.45, 7) is 3.65. The Labute approximate surface area is 243 Å². The number of aliphatic hydroxyl groups is 2. The molecule has 5 rings (SSSR count). The first-order chi connectivity index (χ1) is 20.2. The monoisotopic (exact) mass is 573 g/mol. The van der Waals surface area contributed by atoms with Crippen LogP contribution in [0.4, 0.5) is 0 Å². The molecule has 0 radical (unpaired) electrons. The van der Waals surface area contributed by atoms with Gasteiger partial charge in [0, 0.05) is 53.5 Å². The molecule has 2 heterocycles. The number of hydrogen-bond acceptors (Lipinski definition) is 7. The van der Waals surface area contributed by atoms with E-state index in [1.807, 2.05) is 44.2 Å². The second-order valence-corrected chi connectivity index (χ2v) is 10.8. The number of H-pyrrole nitrogens is 1. The van der Waals surface area contributed by atoms with Gasteiger partial charge in [-0.25, -0.2) is 0 Å². The molecule has 10 heteroatoms. The van der Waals surface area contributed by atoms with E-state index in [1.165, 1.54) is 19.3 Å². The highest BCUT2D eigenvalue weighted by Crippen LogP contribution is 2.51. The molecule has 4 N–H and O–H groups in total. The van der Waals surface area contributed by atoms with Gasteiger partial charge in [0.2, 0.25) is 11.8 Å². The number of hydrogen-bond donors (Lipinski definition) is 4. The van der Waals surface area contributed by atoms with Crippen LogP contribution in [0.3, 0.4) is 0 Å². The number of carbonyl (C=O) groups is 3. The Morgan fingerprint density at radius 1 is 1.19 bits per heavy atom. The van der Waals surface area contributed by atoms with Gasteiger partial charge in [-0.2, -0.15) is 0 Å². The molecule has 2 aromatic carbocycles. The fraction of sp³-hybridized carbons (Fsp3) is 0.344. The van der Waals surface area contributed by atoms with Gasteiger partial charge < -0.3 is 34.9 Å². The molecule has 1 aliphatic heterocycles. The minimum atomic E-state index is -1.21. The largest absolute Gasteiger partial charge is 0.493 e. The number of benzene rings is 2. The van der Waals surface area contributed by atoms with E-state index < -0.39 is 30.1 Å². The number of methoxy groups -OCH3 is 1. The molecule has 0 spiro atoms. The van der Waals surface area contributed by atoms with Crippen LogP contribution in [0.2, 0.25) is 0 Å². The second kappa shape index (κ2) is 12.2. The minimum absolute atomic E-state index is 0.0208. The summed E-state index contributed by atoms with van der Waals surface area (Å²) >= 11 is 0. The van der Waals surface area contributed by atoms with Crippen LogP contribution >= 0.6 is 0 Å². The Morgan fingerprint density at radius 3 is 2.67 bits per heavy atom. The summed E-state index contributed by atoms with van der Waals surface area (Å²) in [5, 5.41) is 24.9. The molecule has 0 saturated heterocycles. The molecule has 0 fully saturated rings. The number of nitrogens with zero attached hydrogens (tertiary/aromatic N) is 1. The quantitative estimate of drug-likeness (QED) is 0.216. The third-order valence-corrected chi connectivity index (χ3v) is 7.67. The number of aromatic nitrogens is 1. The Kier molecular flexibility index (Phi) is 8.46. The number of ether oxygens (including phenoxy) is 2. The smallest absolute Gasteiger partial charge is 0.247 e. The van der Waals surface area contributed by atoms with Crippen molar-refractivity contribution < 1.29 is 34.1 Å². The van der Waals surface area contributed by atoms with Crippen LogP contribution in [-0.4, -0.2) is 83.3 Å². The summed E-state index contributed by atoms with van der Waals surface area (Å²) < 4.78 is 11.7. The van der Waals surface area contributed by atoms with Gasteiger partial charge >= 0.3 is 0 Å². The maximum absolute atomic E-state index is 13.6. The number of amides is 2. The SMILES string of the molecule is COc1cc(C=O)cc2c1OC1C2C(C(=O)NCCO)=CC(N(CCc2cc3ccccc3[nH]2)C(=O)C=C(C)C)C1O. The lowest BCUT2D eigenvalue weighted by Crippen LogP contribution is -2.56. The predicted octanol–water partition coefficient (Wildman–Crippen LogP) is 2.65. The zero-order chi connectivity index (χ0) is 30.0. The van der Waals surface area contributed by atoms with Crippen molar-refractivity contribution in [3.8, 4) is 11.5 Å². The summed E-state index contributed by atoms with van der Waals surface area (Å²) in [5.74, 6) is -0.865. The summed E-state index contributed by atoms with van der Waals surface area (Å²) in [5.41, 5.74) is 3.84. The van der Waals surface area contributed by atoms with Gasteiger partial charge in [0.1, 0.15) is 18.5 Å². The molecule has 2 amide bonds. The highest BCUT2D eigenvalue weighted by Gasteiger charge is 2.51. The number of aliphatic hydroxyl groups excluding tert-OH is 2. The van der Waals surface area contributed by atoms with Crippen molar-refractivity contribution in [3.05, 3.63) is 82.6 Å². The van der Waals surface area contributed by atoms with Crippen LogP contribution in [0, 0.1) is 0 Å². The molecule has 0 bridgehead atoms. The Hall–Kier alpha value is -4.41. The van der Waals surface area contributed by atoms with Gasteiger partial charge in [-0.1, -0.05) is 23.8 Å².